The van der Waals surface area contributed by atoms with Gasteiger partial charge in [-0.05, 0) is 44.0 Å². The number of hydrogen-bond acceptors (Lipinski definition) is 4. The molecule has 0 spiro atoms. The highest BCUT2D eigenvalue weighted by Crippen LogP contribution is 2.28. The van der Waals surface area contributed by atoms with Gasteiger partial charge in [-0.25, -0.2) is 0 Å². The average molecular weight is 265 g/mol. The third-order valence-corrected chi connectivity index (χ3v) is 3.85. The molecule has 1 aliphatic rings. The fraction of sp³-hybridized carbons (Fsp3) is 0.600. The summed E-state index contributed by atoms with van der Waals surface area (Å²) in [5, 5.41) is 19.7. The summed E-state index contributed by atoms with van der Waals surface area (Å²) >= 11 is 0. The summed E-state index contributed by atoms with van der Waals surface area (Å²) in [5.41, 5.74) is 1.05. The lowest BCUT2D eigenvalue weighted by Crippen LogP contribution is -2.45. The molecule has 0 radical (unpaired) electrons. The fourth-order valence-electron chi connectivity index (χ4n) is 2.83. The van der Waals surface area contributed by atoms with Crippen LogP contribution in [0.5, 0.6) is 11.5 Å². The van der Waals surface area contributed by atoms with E-state index in [2.05, 4.69) is 4.90 Å². The topological polar surface area (TPSA) is 52.9 Å². The number of aromatic hydroxyl groups is 1. The second-order valence-corrected chi connectivity index (χ2v) is 5.28. The second kappa shape index (κ2) is 6.26. The van der Waals surface area contributed by atoms with Gasteiger partial charge in [0.15, 0.2) is 11.5 Å². The molecule has 1 aromatic rings. The number of likely N-dealkylation sites (tertiary alicyclic amines) is 1. The van der Waals surface area contributed by atoms with E-state index in [1.165, 1.54) is 12.8 Å². The van der Waals surface area contributed by atoms with Crippen LogP contribution >= 0.6 is 0 Å². The standard InChI is InChI=1S/C15H23NO3/c1-11(17)13-5-3-4-8-16(13)10-12-6-7-15(19-2)14(18)9-12/h6-7,9,11,13,17-18H,3-5,8,10H2,1-2H3. The zero-order chi connectivity index (χ0) is 13.8. The van der Waals surface area contributed by atoms with Crippen LogP contribution in [0.4, 0.5) is 0 Å². The quantitative estimate of drug-likeness (QED) is 0.875. The summed E-state index contributed by atoms with van der Waals surface area (Å²) in [6.45, 7) is 3.62. The summed E-state index contributed by atoms with van der Waals surface area (Å²) in [6, 6.07) is 5.71. The lowest BCUT2D eigenvalue weighted by molar-refractivity contribution is 0.0316. The van der Waals surface area contributed by atoms with E-state index in [1.54, 1.807) is 19.2 Å². The van der Waals surface area contributed by atoms with Crippen LogP contribution in [0.25, 0.3) is 0 Å². The van der Waals surface area contributed by atoms with Gasteiger partial charge in [-0.1, -0.05) is 12.5 Å². The molecule has 2 atom stereocenters. The van der Waals surface area contributed by atoms with Crippen molar-refractivity contribution in [3.63, 3.8) is 0 Å². The highest BCUT2D eigenvalue weighted by Gasteiger charge is 2.26. The molecule has 0 saturated carbocycles. The Balaban J connectivity index is 2.08. The third-order valence-electron chi connectivity index (χ3n) is 3.85. The Bertz CT molecular complexity index is 420. The molecule has 2 rings (SSSR count). The van der Waals surface area contributed by atoms with Gasteiger partial charge in [0.05, 0.1) is 13.2 Å². The first-order chi connectivity index (χ1) is 9.11. The first-order valence-corrected chi connectivity index (χ1v) is 6.90. The average Bonchev–Trinajstić information content (AvgIpc) is 2.39. The number of methoxy groups -OCH3 is 1. The molecule has 4 nitrogen and oxygen atoms in total. The molecule has 2 N–H and O–H groups in total. The number of phenols is 1. The summed E-state index contributed by atoms with van der Waals surface area (Å²) in [4.78, 5) is 2.30. The molecule has 1 saturated heterocycles. The molecule has 19 heavy (non-hydrogen) atoms. The summed E-state index contributed by atoms with van der Waals surface area (Å²) in [5.74, 6) is 0.667. The third kappa shape index (κ3) is 3.39. The van der Waals surface area contributed by atoms with Crippen LogP contribution < -0.4 is 4.74 Å². The zero-order valence-corrected chi connectivity index (χ0v) is 11.7. The van der Waals surface area contributed by atoms with Crippen LogP contribution in [0.1, 0.15) is 31.7 Å². The van der Waals surface area contributed by atoms with E-state index in [0.29, 0.717) is 5.75 Å². The Morgan fingerprint density at radius 1 is 1.42 bits per heavy atom. The fourth-order valence-corrected chi connectivity index (χ4v) is 2.83. The smallest absolute Gasteiger partial charge is 0.160 e. The Hall–Kier alpha value is -1.26. The van der Waals surface area contributed by atoms with E-state index in [-0.39, 0.29) is 17.9 Å². The van der Waals surface area contributed by atoms with Crippen molar-refractivity contribution in [2.24, 2.45) is 0 Å². The summed E-state index contributed by atoms with van der Waals surface area (Å²) < 4.78 is 5.05. The molecule has 1 heterocycles. The van der Waals surface area contributed by atoms with E-state index >= 15 is 0 Å². The number of phenolic OH excluding ortho intramolecular Hbond substituents is 1. The Kier molecular flexibility index (Phi) is 4.66. The van der Waals surface area contributed by atoms with Crippen LogP contribution in [-0.2, 0) is 6.54 Å². The van der Waals surface area contributed by atoms with Crippen LogP contribution in [0.2, 0.25) is 0 Å². The van der Waals surface area contributed by atoms with Crippen LogP contribution in [0.15, 0.2) is 18.2 Å². The number of benzene rings is 1. The van der Waals surface area contributed by atoms with Gasteiger partial charge < -0.3 is 14.9 Å². The van der Waals surface area contributed by atoms with Crippen molar-refractivity contribution in [1.82, 2.24) is 4.90 Å². The number of ether oxygens (including phenoxy) is 1. The Morgan fingerprint density at radius 2 is 2.21 bits per heavy atom. The highest BCUT2D eigenvalue weighted by molar-refractivity contribution is 5.41. The monoisotopic (exact) mass is 265 g/mol. The maximum atomic E-state index is 9.85. The Labute approximate surface area is 114 Å². The first kappa shape index (κ1) is 14.2. The largest absolute Gasteiger partial charge is 0.504 e. The molecule has 106 valence electrons. The maximum absolute atomic E-state index is 9.85. The number of nitrogens with zero attached hydrogens (tertiary/aromatic N) is 1. The SMILES string of the molecule is COc1ccc(CN2CCCCC2C(C)O)cc1O. The molecule has 2 unspecified atom stereocenters. The molecule has 0 aromatic heterocycles. The molecule has 0 aliphatic carbocycles. The second-order valence-electron chi connectivity index (χ2n) is 5.28. The number of piperidine rings is 1. The van der Waals surface area contributed by atoms with Gasteiger partial charge >= 0.3 is 0 Å². The van der Waals surface area contributed by atoms with Crippen molar-refractivity contribution in [2.45, 2.75) is 44.9 Å². The maximum Gasteiger partial charge on any atom is 0.160 e. The van der Waals surface area contributed by atoms with Crippen molar-refractivity contribution >= 4 is 0 Å². The van der Waals surface area contributed by atoms with Gasteiger partial charge in [-0.2, -0.15) is 0 Å². The minimum Gasteiger partial charge on any atom is -0.504 e. The lowest BCUT2D eigenvalue weighted by Gasteiger charge is -2.37. The van der Waals surface area contributed by atoms with E-state index in [1.807, 2.05) is 13.0 Å². The molecule has 0 amide bonds. The minimum atomic E-state index is -0.313. The molecular weight excluding hydrogens is 242 g/mol. The zero-order valence-electron chi connectivity index (χ0n) is 11.7. The molecule has 4 heteroatoms. The van der Waals surface area contributed by atoms with Crippen molar-refractivity contribution in [3.8, 4) is 11.5 Å². The Morgan fingerprint density at radius 3 is 2.84 bits per heavy atom. The van der Waals surface area contributed by atoms with Gasteiger partial charge in [0.1, 0.15) is 0 Å². The highest BCUT2D eigenvalue weighted by atomic mass is 16.5. The predicted molar refractivity (Wildman–Crippen MR) is 74.4 cm³/mol. The van der Waals surface area contributed by atoms with Gasteiger partial charge in [0.2, 0.25) is 0 Å². The van der Waals surface area contributed by atoms with Crippen LogP contribution in [0.3, 0.4) is 0 Å². The van der Waals surface area contributed by atoms with Gasteiger partial charge in [0.25, 0.3) is 0 Å². The number of aliphatic hydroxyl groups is 1. The van der Waals surface area contributed by atoms with Crippen molar-refractivity contribution in [3.05, 3.63) is 23.8 Å². The predicted octanol–water partition coefficient (Wildman–Crippen LogP) is 2.14. The van der Waals surface area contributed by atoms with Crippen molar-refractivity contribution in [2.75, 3.05) is 13.7 Å². The van der Waals surface area contributed by atoms with Gasteiger partial charge in [0, 0.05) is 12.6 Å². The molecule has 1 aliphatic heterocycles. The molecule has 0 bridgehead atoms. The molecule has 1 fully saturated rings. The summed E-state index contributed by atoms with van der Waals surface area (Å²) in [6.07, 6.45) is 3.08. The lowest BCUT2D eigenvalue weighted by atomic mass is 9.97. The van der Waals surface area contributed by atoms with Crippen molar-refractivity contribution in [1.29, 1.82) is 0 Å². The number of rotatable bonds is 4. The van der Waals surface area contributed by atoms with Crippen LogP contribution in [-0.4, -0.2) is 40.9 Å². The molecule has 1 aromatic carbocycles. The van der Waals surface area contributed by atoms with Gasteiger partial charge in [-0.3, -0.25) is 4.90 Å². The van der Waals surface area contributed by atoms with Crippen molar-refractivity contribution < 1.29 is 14.9 Å². The normalized spacial score (nSPS) is 22.2. The van der Waals surface area contributed by atoms with Crippen LogP contribution in [0, 0.1) is 0 Å². The van der Waals surface area contributed by atoms with E-state index < -0.39 is 0 Å². The van der Waals surface area contributed by atoms with E-state index in [0.717, 1.165) is 25.1 Å². The van der Waals surface area contributed by atoms with E-state index in [4.69, 9.17) is 4.74 Å². The minimum absolute atomic E-state index is 0.172. The molecular formula is C15H23NO3. The number of hydrogen-bond donors (Lipinski definition) is 2. The first-order valence-electron chi connectivity index (χ1n) is 6.90. The van der Waals surface area contributed by atoms with E-state index in [9.17, 15) is 10.2 Å². The number of aliphatic hydroxyl groups excluding tert-OH is 1. The van der Waals surface area contributed by atoms with Gasteiger partial charge in [-0.15, -0.1) is 0 Å². The summed E-state index contributed by atoms with van der Waals surface area (Å²) in [7, 11) is 1.54.